The van der Waals surface area contributed by atoms with Gasteiger partial charge in [0.25, 0.3) is 5.91 Å². The van der Waals surface area contributed by atoms with E-state index < -0.39 is 16.1 Å². The smallest absolute Gasteiger partial charge is 0.251 e. The molecule has 6 nitrogen and oxygen atoms in total. The lowest BCUT2D eigenvalue weighted by molar-refractivity contribution is -0.142. The molecule has 0 aromatic heterocycles. The number of carbonyl (C=O) groups excluding carboxylic acids is 1. The number of benzene rings is 1. The minimum atomic E-state index is -3.83. The van der Waals surface area contributed by atoms with Gasteiger partial charge in [0.1, 0.15) is 11.0 Å². The second-order valence-electron chi connectivity index (χ2n) is 5.93. The molecule has 0 radical (unpaired) electrons. The number of hydrogen-bond acceptors (Lipinski definition) is 4. The van der Waals surface area contributed by atoms with Gasteiger partial charge in [0.2, 0.25) is 10.0 Å². The summed E-state index contributed by atoms with van der Waals surface area (Å²) in [5, 5.41) is 0.134. The third-order valence-electron chi connectivity index (χ3n) is 4.32. The number of hydrogen-bond donors (Lipinski definition) is 0. The van der Waals surface area contributed by atoms with Crippen LogP contribution in [0.25, 0.3) is 0 Å². The van der Waals surface area contributed by atoms with Gasteiger partial charge in [-0.05, 0) is 25.0 Å². The Hall–Kier alpha value is -0.380. The maximum atomic E-state index is 12.9. The number of halogens is 3. The second kappa shape index (κ2) is 7.70. The molecular weight excluding hydrogens is 455 g/mol. The molecule has 0 N–H and O–H groups in total. The lowest BCUT2D eigenvalue weighted by Gasteiger charge is -2.35. The van der Waals surface area contributed by atoms with Crippen LogP contribution in [0.4, 0.5) is 0 Å². The average molecular weight is 472 g/mol. The molecule has 1 amide bonds. The number of sulfonamides is 1. The van der Waals surface area contributed by atoms with Gasteiger partial charge in [0, 0.05) is 37.3 Å². The molecule has 0 spiro atoms. The fourth-order valence-corrected chi connectivity index (χ4v) is 6.34. The van der Waals surface area contributed by atoms with Gasteiger partial charge in [-0.25, -0.2) is 8.42 Å². The van der Waals surface area contributed by atoms with Crippen LogP contribution in [-0.4, -0.2) is 62.4 Å². The molecule has 1 atom stereocenters. The zero-order valence-corrected chi connectivity index (χ0v) is 17.2. The number of ether oxygens (including phenoxy) is 1. The summed E-state index contributed by atoms with van der Waals surface area (Å²) in [5.74, 6) is -0.0609. The summed E-state index contributed by atoms with van der Waals surface area (Å²) in [5.41, 5.74) is 0. The molecule has 138 valence electrons. The first-order chi connectivity index (χ1) is 11.8. The highest BCUT2D eigenvalue weighted by Gasteiger charge is 2.35. The third-order valence-corrected chi connectivity index (χ3v) is 7.60. The minimum Gasteiger partial charge on any atom is -0.368 e. The predicted octanol–water partition coefficient (Wildman–Crippen LogP) is 2.77. The second-order valence-corrected chi connectivity index (χ2v) is 9.53. The van der Waals surface area contributed by atoms with Gasteiger partial charge in [0.15, 0.2) is 0 Å². The Morgan fingerprint density at radius 3 is 2.28 bits per heavy atom. The van der Waals surface area contributed by atoms with E-state index in [0.29, 0.717) is 24.2 Å². The molecule has 0 bridgehead atoms. The summed E-state index contributed by atoms with van der Waals surface area (Å²) in [6.45, 7) is 1.64. The molecule has 2 heterocycles. The Morgan fingerprint density at radius 2 is 1.76 bits per heavy atom. The fraction of sp³-hybridized carbons (Fsp3) is 0.533. The van der Waals surface area contributed by atoms with Crippen LogP contribution in [0.15, 0.2) is 21.5 Å². The Morgan fingerprint density at radius 1 is 1.16 bits per heavy atom. The lowest BCUT2D eigenvalue weighted by atomic mass is 10.2. The van der Waals surface area contributed by atoms with Crippen molar-refractivity contribution in [2.24, 2.45) is 0 Å². The first-order valence-corrected chi connectivity index (χ1v) is 10.8. The quantitative estimate of drug-likeness (QED) is 0.679. The van der Waals surface area contributed by atoms with Crippen LogP contribution in [0.1, 0.15) is 12.8 Å². The van der Waals surface area contributed by atoms with Crippen molar-refractivity contribution in [2.75, 3.05) is 32.8 Å². The van der Waals surface area contributed by atoms with E-state index >= 15 is 0 Å². The van der Waals surface area contributed by atoms with Crippen molar-refractivity contribution in [3.63, 3.8) is 0 Å². The number of amides is 1. The highest BCUT2D eigenvalue weighted by molar-refractivity contribution is 9.10. The van der Waals surface area contributed by atoms with Crippen molar-refractivity contribution < 1.29 is 17.9 Å². The van der Waals surface area contributed by atoms with E-state index in [1.807, 2.05) is 0 Å². The van der Waals surface area contributed by atoms with Crippen LogP contribution < -0.4 is 0 Å². The van der Waals surface area contributed by atoms with E-state index in [1.165, 1.54) is 16.4 Å². The number of piperazine rings is 1. The molecule has 0 saturated carbocycles. The summed E-state index contributed by atoms with van der Waals surface area (Å²) in [4.78, 5) is 13.9. The van der Waals surface area contributed by atoms with Gasteiger partial charge < -0.3 is 9.64 Å². The Bertz CT molecular complexity index is 753. The molecule has 2 aliphatic rings. The van der Waals surface area contributed by atoms with Crippen LogP contribution in [0, 0.1) is 0 Å². The third kappa shape index (κ3) is 3.99. The van der Waals surface area contributed by atoms with Gasteiger partial charge in [-0.3, -0.25) is 4.79 Å². The normalized spacial score (nSPS) is 22.4. The van der Waals surface area contributed by atoms with Crippen LogP contribution in [0.2, 0.25) is 10.0 Å². The summed E-state index contributed by atoms with van der Waals surface area (Å²) in [6.07, 6.45) is 1.21. The van der Waals surface area contributed by atoms with Gasteiger partial charge in [-0.2, -0.15) is 4.31 Å². The van der Waals surface area contributed by atoms with E-state index in [1.54, 1.807) is 4.90 Å². The minimum absolute atomic E-state index is 0.0609. The van der Waals surface area contributed by atoms with E-state index in [2.05, 4.69) is 15.9 Å². The number of rotatable bonds is 3. The van der Waals surface area contributed by atoms with Gasteiger partial charge in [-0.15, -0.1) is 0 Å². The lowest BCUT2D eigenvalue weighted by Crippen LogP contribution is -2.52. The van der Waals surface area contributed by atoms with Crippen molar-refractivity contribution in [1.82, 2.24) is 9.21 Å². The zero-order chi connectivity index (χ0) is 18.2. The van der Waals surface area contributed by atoms with Gasteiger partial charge in [-0.1, -0.05) is 39.1 Å². The molecule has 0 unspecified atom stereocenters. The van der Waals surface area contributed by atoms with E-state index in [0.717, 1.165) is 12.8 Å². The molecule has 2 saturated heterocycles. The molecular formula is C15H17BrCl2N2O4S. The Balaban J connectivity index is 1.73. The Labute approximate surface area is 165 Å². The summed E-state index contributed by atoms with van der Waals surface area (Å²) < 4.78 is 33.1. The standard InChI is InChI=1S/C15H17BrCl2N2O4S/c16-10-8-11(17)14(12(18)9-10)25(22,23)20-5-3-19(4-6-20)15(21)13-2-1-7-24-13/h8-9,13H,1-7H2/t13-/m0/s1. The predicted molar refractivity (Wildman–Crippen MR) is 98.5 cm³/mol. The fourth-order valence-electron chi connectivity index (χ4n) is 3.03. The first-order valence-electron chi connectivity index (χ1n) is 7.86. The molecule has 2 fully saturated rings. The van der Waals surface area contributed by atoms with Crippen molar-refractivity contribution in [3.8, 4) is 0 Å². The molecule has 10 heteroatoms. The maximum absolute atomic E-state index is 12.9. The van der Waals surface area contributed by atoms with Crippen LogP contribution in [0.3, 0.4) is 0 Å². The zero-order valence-electron chi connectivity index (χ0n) is 13.3. The van der Waals surface area contributed by atoms with Crippen molar-refractivity contribution in [1.29, 1.82) is 0 Å². The van der Waals surface area contributed by atoms with Crippen molar-refractivity contribution in [2.45, 2.75) is 23.8 Å². The van der Waals surface area contributed by atoms with Crippen molar-refractivity contribution in [3.05, 3.63) is 26.7 Å². The first kappa shape index (κ1) is 19.4. The van der Waals surface area contributed by atoms with E-state index in [4.69, 9.17) is 27.9 Å². The maximum Gasteiger partial charge on any atom is 0.251 e. The summed E-state index contributed by atoms with van der Waals surface area (Å²) in [7, 11) is -3.83. The van der Waals surface area contributed by atoms with E-state index in [-0.39, 0.29) is 33.9 Å². The monoisotopic (exact) mass is 470 g/mol. The molecule has 3 rings (SSSR count). The largest absolute Gasteiger partial charge is 0.368 e. The molecule has 0 aliphatic carbocycles. The molecule has 2 aliphatic heterocycles. The topological polar surface area (TPSA) is 66.9 Å². The average Bonchev–Trinajstić information content (AvgIpc) is 3.07. The summed E-state index contributed by atoms with van der Waals surface area (Å²) >= 11 is 15.4. The highest BCUT2D eigenvalue weighted by Crippen LogP contribution is 2.35. The molecule has 25 heavy (non-hydrogen) atoms. The number of nitrogens with zero attached hydrogens (tertiary/aromatic N) is 2. The van der Waals surface area contributed by atoms with Crippen LogP contribution in [0.5, 0.6) is 0 Å². The van der Waals surface area contributed by atoms with Gasteiger partial charge >= 0.3 is 0 Å². The molecule has 1 aromatic rings. The Kier molecular flexibility index (Phi) is 5.97. The molecule has 1 aromatic carbocycles. The summed E-state index contributed by atoms with van der Waals surface area (Å²) in [6, 6.07) is 3.00. The highest BCUT2D eigenvalue weighted by atomic mass is 79.9. The number of carbonyl (C=O) groups is 1. The van der Waals surface area contributed by atoms with E-state index in [9.17, 15) is 13.2 Å². The van der Waals surface area contributed by atoms with Crippen LogP contribution in [-0.2, 0) is 19.6 Å². The van der Waals surface area contributed by atoms with Crippen molar-refractivity contribution >= 4 is 55.1 Å². The van der Waals surface area contributed by atoms with Crippen LogP contribution >= 0.6 is 39.1 Å². The van der Waals surface area contributed by atoms with Gasteiger partial charge in [0.05, 0.1) is 10.0 Å². The SMILES string of the molecule is O=C([C@@H]1CCCO1)N1CCN(S(=O)(=O)c2c(Cl)cc(Br)cc2Cl)CC1.